The minimum atomic E-state index is 0. The number of nitrogens with zero attached hydrogens (tertiary/aromatic N) is 1. The van der Waals surface area contributed by atoms with Crippen molar-refractivity contribution in [1.29, 1.82) is 0 Å². The minimum absolute atomic E-state index is 0. The van der Waals surface area contributed by atoms with Gasteiger partial charge in [0.05, 0.1) is 16.6 Å². The lowest BCUT2D eigenvalue weighted by atomic mass is 9.85. The van der Waals surface area contributed by atoms with E-state index in [1.54, 1.807) is 18.2 Å². The third-order valence-corrected chi connectivity index (χ3v) is 5.45. The summed E-state index contributed by atoms with van der Waals surface area (Å²) in [4.78, 5) is 14.5. The van der Waals surface area contributed by atoms with E-state index in [1.807, 2.05) is 4.90 Å². The standard InChI is InChI=1S/C17H22Cl2N2O2.ClH/c18-15-5-4-13(9-16(15)19)23-14-6-7-21(10-14)17(22)11-2-1-3-12(20)8-11;/h4-5,9,11-12,14H,1-3,6-8,10,20H2;1H. The van der Waals surface area contributed by atoms with Gasteiger partial charge >= 0.3 is 0 Å². The van der Waals surface area contributed by atoms with Crippen molar-refractivity contribution < 1.29 is 9.53 Å². The molecule has 3 rings (SSSR count). The second-order valence-corrected chi connectivity index (χ2v) is 7.33. The van der Waals surface area contributed by atoms with Crippen LogP contribution in [-0.4, -0.2) is 36.0 Å². The van der Waals surface area contributed by atoms with Gasteiger partial charge in [-0.2, -0.15) is 0 Å². The van der Waals surface area contributed by atoms with E-state index in [0.29, 0.717) is 22.3 Å². The molecule has 0 bridgehead atoms. The molecule has 0 spiro atoms. The van der Waals surface area contributed by atoms with Crippen LogP contribution in [0, 0.1) is 5.92 Å². The van der Waals surface area contributed by atoms with E-state index >= 15 is 0 Å². The quantitative estimate of drug-likeness (QED) is 0.847. The molecule has 1 saturated heterocycles. The third kappa shape index (κ3) is 4.69. The Morgan fingerprint density at radius 2 is 2.00 bits per heavy atom. The Morgan fingerprint density at radius 3 is 2.71 bits per heavy atom. The summed E-state index contributed by atoms with van der Waals surface area (Å²) < 4.78 is 5.94. The van der Waals surface area contributed by atoms with Crippen LogP contribution in [0.4, 0.5) is 0 Å². The molecule has 0 aromatic heterocycles. The van der Waals surface area contributed by atoms with Gasteiger partial charge in [-0.1, -0.05) is 29.6 Å². The van der Waals surface area contributed by atoms with Gasteiger partial charge in [-0.25, -0.2) is 0 Å². The summed E-state index contributed by atoms with van der Waals surface area (Å²) in [6, 6.07) is 5.41. The maximum absolute atomic E-state index is 12.6. The molecule has 3 atom stereocenters. The number of hydrogen-bond donors (Lipinski definition) is 1. The first-order chi connectivity index (χ1) is 11.0. The van der Waals surface area contributed by atoms with Gasteiger partial charge in [0.15, 0.2) is 0 Å². The van der Waals surface area contributed by atoms with Crippen molar-refractivity contribution in [2.45, 2.75) is 44.2 Å². The predicted octanol–water partition coefficient (Wildman–Crippen LogP) is 3.91. The van der Waals surface area contributed by atoms with Gasteiger partial charge in [0.1, 0.15) is 11.9 Å². The Labute approximate surface area is 159 Å². The number of rotatable bonds is 3. The van der Waals surface area contributed by atoms with Crippen LogP contribution in [0.5, 0.6) is 5.75 Å². The highest BCUT2D eigenvalue weighted by Gasteiger charge is 2.33. The first-order valence-electron chi connectivity index (χ1n) is 8.19. The SMILES string of the molecule is Cl.NC1CCCC(C(=O)N2CCC(Oc3ccc(Cl)c(Cl)c3)C2)C1. The molecule has 1 aromatic carbocycles. The van der Waals surface area contributed by atoms with Gasteiger partial charge in [0.2, 0.25) is 5.91 Å². The number of carbonyl (C=O) groups is 1. The van der Waals surface area contributed by atoms with Gasteiger partial charge in [-0.05, 0) is 31.4 Å². The molecule has 1 heterocycles. The van der Waals surface area contributed by atoms with Crippen molar-refractivity contribution >= 4 is 41.5 Å². The monoisotopic (exact) mass is 392 g/mol. The number of carbonyl (C=O) groups excluding carboxylic acids is 1. The summed E-state index contributed by atoms with van der Waals surface area (Å²) in [5, 5.41) is 0.988. The van der Waals surface area contributed by atoms with E-state index in [9.17, 15) is 4.79 Å². The molecule has 1 aromatic rings. The Kier molecular flexibility index (Phi) is 7.05. The number of ether oxygens (including phenoxy) is 1. The first-order valence-corrected chi connectivity index (χ1v) is 8.94. The molecule has 1 aliphatic carbocycles. The van der Waals surface area contributed by atoms with Crippen LogP contribution in [-0.2, 0) is 4.79 Å². The highest BCUT2D eigenvalue weighted by molar-refractivity contribution is 6.42. The molecule has 2 N–H and O–H groups in total. The minimum Gasteiger partial charge on any atom is -0.488 e. The summed E-state index contributed by atoms with van der Waals surface area (Å²) in [6.45, 7) is 1.38. The van der Waals surface area contributed by atoms with Gasteiger partial charge in [-0.15, -0.1) is 12.4 Å². The predicted molar refractivity (Wildman–Crippen MR) is 99.3 cm³/mol. The molecule has 1 saturated carbocycles. The zero-order chi connectivity index (χ0) is 16.4. The van der Waals surface area contributed by atoms with E-state index in [1.165, 1.54) is 0 Å². The Bertz CT molecular complexity index is 585. The lowest BCUT2D eigenvalue weighted by Gasteiger charge is -2.29. The Balaban J connectivity index is 0.00000208. The summed E-state index contributed by atoms with van der Waals surface area (Å²) in [7, 11) is 0. The molecular formula is C17H23Cl3N2O2. The van der Waals surface area contributed by atoms with Gasteiger partial charge in [0, 0.05) is 31.0 Å². The van der Waals surface area contributed by atoms with Gasteiger partial charge < -0.3 is 15.4 Å². The van der Waals surface area contributed by atoms with Crippen LogP contribution in [0.15, 0.2) is 18.2 Å². The van der Waals surface area contributed by atoms with Crippen LogP contribution in [0.25, 0.3) is 0 Å². The third-order valence-electron chi connectivity index (χ3n) is 4.71. The van der Waals surface area contributed by atoms with E-state index in [4.69, 9.17) is 33.7 Å². The zero-order valence-corrected chi connectivity index (χ0v) is 15.7. The Hall–Kier alpha value is -0.680. The first kappa shape index (κ1) is 19.6. The van der Waals surface area contributed by atoms with Crippen LogP contribution >= 0.6 is 35.6 Å². The summed E-state index contributed by atoms with van der Waals surface area (Å²) in [5.41, 5.74) is 6.00. The molecule has 134 valence electrons. The number of amides is 1. The summed E-state index contributed by atoms with van der Waals surface area (Å²) in [5.74, 6) is 1.02. The van der Waals surface area contributed by atoms with Crippen molar-refractivity contribution in [2.75, 3.05) is 13.1 Å². The Morgan fingerprint density at radius 1 is 1.21 bits per heavy atom. The van der Waals surface area contributed by atoms with Crippen LogP contribution in [0.1, 0.15) is 32.1 Å². The number of likely N-dealkylation sites (tertiary alicyclic amines) is 1. The second-order valence-electron chi connectivity index (χ2n) is 6.51. The average Bonchev–Trinajstić information content (AvgIpc) is 2.99. The molecule has 4 nitrogen and oxygen atoms in total. The number of hydrogen-bond acceptors (Lipinski definition) is 3. The maximum Gasteiger partial charge on any atom is 0.225 e. The number of benzene rings is 1. The highest BCUT2D eigenvalue weighted by Crippen LogP contribution is 2.29. The summed E-state index contributed by atoms with van der Waals surface area (Å²) in [6.07, 6.45) is 4.70. The lowest BCUT2D eigenvalue weighted by Crippen LogP contribution is -2.40. The highest BCUT2D eigenvalue weighted by atomic mass is 35.5. The fourth-order valence-corrected chi connectivity index (χ4v) is 3.77. The maximum atomic E-state index is 12.6. The van der Waals surface area contributed by atoms with Gasteiger partial charge in [0.25, 0.3) is 0 Å². The van der Waals surface area contributed by atoms with E-state index in [2.05, 4.69) is 0 Å². The lowest BCUT2D eigenvalue weighted by molar-refractivity contribution is -0.135. The molecule has 3 unspecified atom stereocenters. The largest absolute Gasteiger partial charge is 0.488 e. The van der Waals surface area contributed by atoms with Crippen LogP contribution in [0.3, 0.4) is 0 Å². The zero-order valence-electron chi connectivity index (χ0n) is 13.4. The molecule has 1 aliphatic heterocycles. The van der Waals surface area contributed by atoms with Crippen LogP contribution in [0.2, 0.25) is 10.0 Å². The fourth-order valence-electron chi connectivity index (χ4n) is 3.48. The van der Waals surface area contributed by atoms with E-state index in [-0.39, 0.29) is 36.4 Å². The summed E-state index contributed by atoms with van der Waals surface area (Å²) >= 11 is 11.9. The number of nitrogens with two attached hydrogens (primary N) is 1. The van der Waals surface area contributed by atoms with Crippen molar-refractivity contribution in [2.24, 2.45) is 11.7 Å². The number of halogens is 3. The molecular weight excluding hydrogens is 371 g/mol. The topological polar surface area (TPSA) is 55.6 Å². The molecule has 2 fully saturated rings. The molecule has 24 heavy (non-hydrogen) atoms. The fraction of sp³-hybridized carbons (Fsp3) is 0.588. The van der Waals surface area contributed by atoms with Crippen molar-refractivity contribution in [3.05, 3.63) is 28.2 Å². The second kappa shape index (κ2) is 8.61. The smallest absolute Gasteiger partial charge is 0.225 e. The van der Waals surface area contributed by atoms with E-state index < -0.39 is 0 Å². The normalized spacial score (nSPS) is 26.8. The van der Waals surface area contributed by atoms with E-state index in [0.717, 1.165) is 38.6 Å². The molecule has 1 amide bonds. The molecule has 0 radical (unpaired) electrons. The van der Waals surface area contributed by atoms with Crippen molar-refractivity contribution in [1.82, 2.24) is 4.90 Å². The van der Waals surface area contributed by atoms with Crippen molar-refractivity contribution in [3.8, 4) is 5.75 Å². The molecule has 7 heteroatoms. The van der Waals surface area contributed by atoms with Crippen LogP contribution < -0.4 is 10.5 Å². The van der Waals surface area contributed by atoms with Gasteiger partial charge in [-0.3, -0.25) is 4.79 Å². The van der Waals surface area contributed by atoms with Crippen molar-refractivity contribution in [3.63, 3.8) is 0 Å². The average molecular weight is 394 g/mol. The molecule has 2 aliphatic rings.